The van der Waals surface area contributed by atoms with E-state index in [1.807, 2.05) is 78.9 Å². The molecule has 1 heterocycles. The molecule has 1 aliphatic heterocycles. The highest BCUT2D eigenvalue weighted by atomic mass is 16.2. The summed E-state index contributed by atoms with van der Waals surface area (Å²) in [4.78, 5) is 17.5. The van der Waals surface area contributed by atoms with Crippen LogP contribution in [0, 0.1) is 0 Å². The van der Waals surface area contributed by atoms with Gasteiger partial charge in [-0.1, -0.05) is 54.6 Å². The maximum Gasteiger partial charge on any atom is 0.238 e. The molecular weight excluding hydrogens is 310 g/mol. The van der Waals surface area contributed by atoms with Gasteiger partial charge in [-0.3, -0.25) is 9.79 Å². The van der Waals surface area contributed by atoms with Gasteiger partial charge in [-0.05, 0) is 35.4 Å². The van der Waals surface area contributed by atoms with E-state index in [2.05, 4.69) is 5.32 Å². The van der Waals surface area contributed by atoms with E-state index >= 15 is 0 Å². The number of nitrogens with one attached hydrogen (secondary N) is 1. The molecule has 0 radical (unpaired) electrons. The maximum absolute atomic E-state index is 12.7. The van der Waals surface area contributed by atoms with E-state index < -0.39 is 5.92 Å². The van der Waals surface area contributed by atoms with Crippen LogP contribution in [0.3, 0.4) is 0 Å². The van der Waals surface area contributed by atoms with Crippen molar-refractivity contribution in [2.75, 3.05) is 11.1 Å². The first-order valence-corrected chi connectivity index (χ1v) is 8.12. The first-order chi connectivity index (χ1) is 12.2. The largest absolute Gasteiger partial charge is 0.399 e. The minimum absolute atomic E-state index is 0.0623. The van der Waals surface area contributed by atoms with Crippen LogP contribution in [0.15, 0.2) is 83.9 Å². The molecule has 0 spiro atoms. The van der Waals surface area contributed by atoms with Crippen molar-refractivity contribution in [2.24, 2.45) is 4.99 Å². The SMILES string of the molecule is Nc1cccc(N=C(c2ccccc2)C2C(=O)Nc3ccccc32)c1. The lowest BCUT2D eigenvalue weighted by Crippen LogP contribution is -2.21. The van der Waals surface area contributed by atoms with Gasteiger partial charge in [0.15, 0.2) is 0 Å². The van der Waals surface area contributed by atoms with Crippen molar-refractivity contribution in [2.45, 2.75) is 5.92 Å². The summed E-state index contributed by atoms with van der Waals surface area (Å²) in [5.41, 5.74) is 10.7. The lowest BCUT2D eigenvalue weighted by molar-refractivity contribution is -0.115. The second-order valence-corrected chi connectivity index (χ2v) is 5.97. The molecule has 0 aromatic heterocycles. The molecule has 0 fully saturated rings. The van der Waals surface area contributed by atoms with Crippen molar-refractivity contribution in [3.05, 3.63) is 90.0 Å². The minimum atomic E-state index is -0.444. The molecule has 1 unspecified atom stereocenters. The number of anilines is 2. The van der Waals surface area contributed by atoms with Crippen molar-refractivity contribution in [3.8, 4) is 0 Å². The number of fused-ring (bicyclic) bond motifs is 1. The predicted molar refractivity (Wildman–Crippen MR) is 101 cm³/mol. The number of hydrogen-bond donors (Lipinski definition) is 2. The number of benzene rings is 3. The Morgan fingerprint density at radius 1 is 0.920 bits per heavy atom. The van der Waals surface area contributed by atoms with Gasteiger partial charge in [-0.25, -0.2) is 0 Å². The highest BCUT2D eigenvalue weighted by Crippen LogP contribution is 2.36. The van der Waals surface area contributed by atoms with Crippen LogP contribution in [0.5, 0.6) is 0 Å². The average molecular weight is 327 g/mol. The number of amides is 1. The normalized spacial score (nSPS) is 16.4. The summed E-state index contributed by atoms with van der Waals surface area (Å²) in [6, 6.07) is 24.9. The fourth-order valence-electron chi connectivity index (χ4n) is 3.12. The monoisotopic (exact) mass is 327 g/mol. The van der Waals surface area contributed by atoms with Gasteiger partial charge < -0.3 is 11.1 Å². The van der Waals surface area contributed by atoms with Crippen LogP contribution in [-0.4, -0.2) is 11.6 Å². The maximum atomic E-state index is 12.7. The number of nitrogens with two attached hydrogens (primary N) is 1. The summed E-state index contributed by atoms with van der Waals surface area (Å²) in [6.45, 7) is 0. The molecule has 1 atom stereocenters. The first-order valence-electron chi connectivity index (χ1n) is 8.12. The summed E-state index contributed by atoms with van der Waals surface area (Å²) >= 11 is 0. The average Bonchev–Trinajstić information content (AvgIpc) is 2.96. The number of carbonyl (C=O) groups is 1. The number of nitrogen functional groups attached to an aromatic ring is 1. The third-order valence-electron chi connectivity index (χ3n) is 4.25. The summed E-state index contributed by atoms with van der Waals surface area (Å²) in [6.07, 6.45) is 0. The zero-order valence-corrected chi connectivity index (χ0v) is 13.5. The molecule has 25 heavy (non-hydrogen) atoms. The molecule has 0 saturated heterocycles. The smallest absolute Gasteiger partial charge is 0.238 e. The Morgan fingerprint density at radius 3 is 2.48 bits per heavy atom. The molecular formula is C21H17N3O. The number of rotatable bonds is 3. The van der Waals surface area contributed by atoms with E-state index in [0.717, 1.165) is 22.5 Å². The van der Waals surface area contributed by atoms with Crippen molar-refractivity contribution in [1.82, 2.24) is 0 Å². The highest BCUT2D eigenvalue weighted by Gasteiger charge is 2.35. The predicted octanol–water partition coefficient (Wildman–Crippen LogP) is 4.13. The van der Waals surface area contributed by atoms with Crippen LogP contribution in [0.2, 0.25) is 0 Å². The lowest BCUT2D eigenvalue weighted by Gasteiger charge is -2.14. The van der Waals surface area contributed by atoms with Crippen molar-refractivity contribution >= 4 is 28.7 Å². The lowest BCUT2D eigenvalue weighted by atomic mass is 9.90. The van der Waals surface area contributed by atoms with Gasteiger partial charge in [0.25, 0.3) is 0 Å². The molecule has 0 aliphatic carbocycles. The van der Waals surface area contributed by atoms with Crippen LogP contribution in [-0.2, 0) is 4.79 Å². The fourth-order valence-corrected chi connectivity index (χ4v) is 3.12. The topological polar surface area (TPSA) is 67.5 Å². The second kappa shape index (κ2) is 6.24. The van der Waals surface area contributed by atoms with Gasteiger partial charge in [0, 0.05) is 11.4 Å². The highest BCUT2D eigenvalue weighted by molar-refractivity contribution is 6.24. The Kier molecular flexibility index (Phi) is 3.78. The molecule has 1 amide bonds. The van der Waals surface area contributed by atoms with Gasteiger partial charge in [0.2, 0.25) is 5.91 Å². The first kappa shape index (κ1) is 15.1. The molecule has 1 aliphatic rings. The van der Waals surface area contributed by atoms with E-state index in [1.54, 1.807) is 0 Å². The Bertz CT molecular complexity index is 964. The summed E-state index contributed by atoms with van der Waals surface area (Å²) < 4.78 is 0. The van der Waals surface area contributed by atoms with Crippen LogP contribution < -0.4 is 11.1 Å². The number of nitrogens with zero attached hydrogens (tertiary/aromatic N) is 1. The molecule has 3 aromatic carbocycles. The zero-order valence-electron chi connectivity index (χ0n) is 13.5. The Morgan fingerprint density at radius 2 is 1.68 bits per heavy atom. The Labute approximate surface area is 146 Å². The van der Waals surface area contributed by atoms with E-state index in [4.69, 9.17) is 10.7 Å². The number of hydrogen-bond acceptors (Lipinski definition) is 3. The van der Waals surface area contributed by atoms with Crippen LogP contribution >= 0.6 is 0 Å². The molecule has 0 bridgehead atoms. The molecule has 122 valence electrons. The zero-order chi connectivity index (χ0) is 17.2. The molecule has 0 saturated carbocycles. The van der Waals surface area contributed by atoms with E-state index in [0.29, 0.717) is 11.4 Å². The van der Waals surface area contributed by atoms with Gasteiger partial charge in [-0.15, -0.1) is 0 Å². The quantitative estimate of drug-likeness (QED) is 0.561. The van der Waals surface area contributed by atoms with Gasteiger partial charge in [0.1, 0.15) is 5.92 Å². The van der Waals surface area contributed by atoms with Gasteiger partial charge in [-0.2, -0.15) is 0 Å². The Hall–Kier alpha value is -3.40. The Balaban J connectivity index is 1.89. The van der Waals surface area contributed by atoms with Crippen molar-refractivity contribution < 1.29 is 4.79 Å². The number of para-hydroxylation sites is 1. The number of aliphatic imine (C=N–C) groups is 1. The summed E-state index contributed by atoms with van der Waals surface area (Å²) in [5, 5.41) is 2.95. The van der Waals surface area contributed by atoms with Gasteiger partial charge in [0.05, 0.1) is 11.4 Å². The third-order valence-corrected chi connectivity index (χ3v) is 4.25. The van der Waals surface area contributed by atoms with Crippen LogP contribution in [0.1, 0.15) is 17.0 Å². The number of carbonyl (C=O) groups excluding carboxylic acids is 1. The molecule has 4 nitrogen and oxygen atoms in total. The molecule has 3 N–H and O–H groups in total. The fraction of sp³-hybridized carbons (Fsp3) is 0.0476. The van der Waals surface area contributed by atoms with Gasteiger partial charge >= 0.3 is 0 Å². The van der Waals surface area contributed by atoms with Crippen molar-refractivity contribution in [3.63, 3.8) is 0 Å². The molecule has 4 heteroatoms. The van der Waals surface area contributed by atoms with Crippen LogP contribution in [0.4, 0.5) is 17.1 Å². The molecule has 4 rings (SSSR count). The van der Waals surface area contributed by atoms with E-state index in [9.17, 15) is 4.79 Å². The third kappa shape index (κ3) is 2.90. The van der Waals surface area contributed by atoms with Crippen LogP contribution in [0.25, 0.3) is 0 Å². The molecule has 3 aromatic rings. The standard InChI is InChI=1S/C21H17N3O/c22-15-9-6-10-16(13-15)23-20(14-7-2-1-3-8-14)19-17-11-4-5-12-18(17)24-21(19)25/h1-13,19H,22H2,(H,24,25). The summed E-state index contributed by atoms with van der Waals surface area (Å²) in [7, 11) is 0. The minimum Gasteiger partial charge on any atom is -0.399 e. The summed E-state index contributed by atoms with van der Waals surface area (Å²) in [5.74, 6) is -0.507. The van der Waals surface area contributed by atoms with E-state index in [-0.39, 0.29) is 5.91 Å². The second-order valence-electron chi connectivity index (χ2n) is 5.97. The van der Waals surface area contributed by atoms with E-state index in [1.165, 1.54) is 0 Å². The van der Waals surface area contributed by atoms with Crippen molar-refractivity contribution in [1.29, 1.82) is 0 Å².